The molecule has 29 heavy (non-hydrogen) atoms. The van der Waals surface area contributed by atoms with E-state index in [4.69, 9.17) is 9.47 Å². The highest BCUT2D eigenvalue weighted by atomic mass is 16.7. The highest BCUT2D eigenvalue weighted by molar-refractivity contribution is 5.68. The lowest BCUT2D eigenvalue weighted by Gasteiger charge is -2.47. The average molecular weight is 390 g/mol. The summed E-state index contributed by atoms with van der Waals surface area (Å²) in [5.41, 5.74) is 5.02. The number of ether oxygens (including phenoxy) is 2. The molecule has 0 atom stereocenters. The molecule has 0 amide bonds. The quantitative estimate of drug-likeness (QED) is 0.655. The first-order valence-corrected chi connectivity index (χ1v) is 10.2. The molecule has 0 N–H and O–H groups in total. The second kappa shape index (κ2) is 6.79. The lowest BCUT2D eigenvalue weighted by Crippen LogP contribution is -2.53. The van der Waals surface area contributed by atoms with E-state index in [1.54, 1.807) is 4.68 Å². The molecular weight excluding hydrogens is 364 g/mol. The third kappa shape index (κ3) is 3.43. The molecule has 5 rings (SSSR count). The van der Waals surface area contributed by atoms with Gasteiger partial charge in [-0.15, -0.1) is 5.10 Å². The van der Waals surface area contributed by atoms with Gasteiger partial charge in [0.05, 0.1) is 6.20 Å². The van der Waals surface area contributed by atoms with Gasteiger partial charge in [0.2, 0.25) is 0 Å². The van der Waals surface area contributed by atoms with E-state index in [0.29, 0.717) is 12.0 Å². The number of anilines is 1. The van der Waals surface area contributed by atoms with Gasteiger partial charge in [0, 0.05) is 24.3 Å². The Morgan fingerprint density at radius 1 is 1.07 bits per heavy atom. The molecule has 0 unspecified atom stereocenters. The minimum absolute atomic E-state index is 0.384. The number of hydrogen-bond donors (Lipinski definition) is 0. The van der Waals surface area contributed by atoms with Crippen LogP contribution in [0.3, 0.4) is 0 Å². The summed E-state index contributed by atoms with van der Waals surface area (Å²) in [6.45, 7) is 9.51. The van der Waals surface area contributed by atoms with E-state index in [1.165, 1.54) is 11.3 Å². The van der Waals surface area contributed by atoms with Crippen molar-refractivity contribution in [3.8, 4) is 22.8 Å². The van der Waals surface area contributed by atoms with Gasteiger partial charge in [-0.2, -0.15) is 0 Å². The molecular formula is C23H26N4O2. The van der Waals surface area contributed by atoms with E-state index < -0.39 is 0 Å². The maximum Gasteiger partial charge on any atom is 0.260 e. The molecule has 0 radical (unpaired) electrons. The molecule has 2 aromatic carbocycles. The van der Waals surface area contributed by atoms with Crippen molar-refractivity contribution >= 4 is 5.69 Å². The third-order valence-corrected chi connectivity index (χ3v) is 5.59. The van der Waals surface area contributed by atoms with Gasteiger partial charge >= 0.3 is 0 Å². The molecule has 2 aliphatic rings. The van der Waals surface area contributed by atoms with Crippen LogP contribution in [0.4, 0.5) is 5.69 Å². The van der Waals surface area contributed by atoms with Crippen LogP contribution in [0, 0.1) is 5.41 Å². The summed E-state index contributed by atoms with van der Waals surface area (Å²) in [5.74, 6) is 1.55. The highest BCUT2D eigenvalue weighted by Crippen LogP contribution is 2.36. The second-order valence-electron chi connectivity index (χ2n) is 8.65. The zero-order chi connectivity index (χ0) is 20.0. The normalized spacial score (nSPS) is 17.4. The van der Waals surface area contributed by atoms with Crippen molar-refractivity contribution in [1.29, 1.82) is 0 Å². The first-order chi connectivity index (χ1) is 14.0. The third-order valence-electron chi connectivity index (χ3n) is 5.59. The number of nitrogens with zero attached hydrogens (tertiary/aromatic N) is 4. The predicted molar refractivity (Wildman–Crippen MR) is 112 cm³/mol. The monoisotopic (exact) mass is 390 g/mol. The Kier molecular flexibility index (Phi) is 4.23. The zero-order valence-electron chi connectivity index (χ0n) is 17.1. The fourth-order valence-corrected chi connectivity index (χ4v) is 4.18. The molecule has 150 valence electrons. The summed E-state index contributed by atoms with van der Waals surface area (Å²) < 4.78 is 13.5. The molecule has 3 heterocycles. The van der Waals surface area contributed by atoms with Crippen LogP contribution in [-0.2, 0) is 13.0 Å². The topological polar surface area (TPSA) is 52.4 Å². The SMILES string of the molecule is CCc1cc(N2CC(C)(C)C2)ccc1-c1cn(CC2Oc3ccccc3O2)nn1. The molecule has 0 spiro atoms. The van der Waals surface area contributed by atoms with Crippen molar-refractivity contribution in [3.63, 3.8) is 0 Å². The number of aryl methyl sites for hydroxylation is 1. The fourth-order valence-electron chi connectivity index (χ4n) is 4.18. The lowest BCUT2D eigenvalue weighted by molar-refractivity contribution is 0.0305. The van der Waals surface area contributed by atoms with Crippen LogP contribution < -0.4 is 14.4 Å². The van der Waals surface area contributed by atoms with Crippen molar-refractivity contribution in [2.45, 2.75) is 40.0 Å². The van der Waals surface area contributed by atoms with Crippen molar-refractivity contribution < 1.29 is 9.47 Å². The van der Waals surface area contributed by atoms with E-state index in [9.17, 15) is 0 Å². The molecule has 0 bridgehead atoms. The molecule has 2 aliphatic heterocycles. The number of fused-ring (bicyclic) bond motifs is 1. The number of rotatable bonds is 5. The highest BCUT2D eigenvalue weighted by Gasteiger charge is 2.34. The van der Waals surface area contributed by atoms with Crippen LogP contribution in [0.25, 0.3) is 11.3 Å². The van der Waals surface area contributed by atoms with Crippen LogP contribution in [0.2, 0.25) is 0 Å². The summed E-state index contributed by atoms with van der Waals surface area (Å²) in [4.78, 5) is 2.44. The van der Waals surface area contributed by atoms with Gasteiger partial charge in [0.25, 0.3) is 6.29 Å². The van der Waals surface area contributed by atoms with Gasteiger partial charge in [0.15, 0.2) is 11.5 Å². The van der Waals surface area contributed by atoms with Crippen LogP contribution in [-0.4, -0.2) is 34.4 Å². The largest absolute Gasteiger partial charge is 0.449 e. The van der Waals surface area contributed by atoms with Gasteiger partial charge in [0.1, 0.15) is 12.2 Å². The van der Waals surface area contributed by atoms with E-state index in [2.05, 4.69) is 54.2 Å². The van der Waals surface area contributed by atoms with Gasteiger partial charge in [-0.05, 0) is 41.7 Å². The Morgan fingerprint density at radius 2 is 1.79 bits per heavy atom. The first kappa shape index (κ1) is 18.0. The Balaban J connectivity index is 1.31. The smallest absolute Gasteiger partial charge is 0.260 e. The lowest BCUT2D eigenvalue weighted by atomic mass is 9.84. The Morgan fingerprint density at radius 3 is 2.45 bits per heavy atom. The van der Waals surface area contributed by atoms with Crippen LogP contribution in [0.15, 0.2) is 48.7 Å². The minimum Gasteiger partial charge on any atom is -0.449 e. The van der Waals surface area contributed by atoms with Crippen LogP contribution in [0.1, 0.15) is 26.3 Å². The van der Waals surface area contributed by atoms with Crippen molar-refractivity contribution in [3.05, 3.63) is 54.2 Å². The summed E-state index contributed by atoms with van der Waals surface area (Å²) in [6, 6.07) is 14.4. The summed E-state index contributed by atoms with van der Waals surface area (Å²) >= 11 is 0. The number of para-hydroxylation sites is 2. The molecule has 6 heteroatoms. The van der Waals surface area contributed by atoms with E-state index in [1.807, 2.05) is 30.5 Å². The maximum atomic E-state index is 5.83. The number of hydrogen-bond acceptors (Lipinski definition) is 5. The van der Waals surface area contributed by atoms with Gasteiger partial charge in [-0.3, -0.25) is 0 Å². The molecule has 0 saturated carbocycles. The predicted octanol–water partition coefficient (Wildman–Crippen LogP) is 4.15. The average Bonchev–Trinajstić information content (AvgIpc) is 3.32. The molecule has 6 nitrogen and oxygen atoms in total. The van der Waals surface area contributed by atoms with Gasteiger partial charge in [-0.1, -0.05) is 44.2 Å². The molecule has 3 aromatic rings. The number of benzene rings is 2. The Labute approximate surface area is 171 Å². The second-order valence-corrected chi connectivity index (χ2v) is 8.65. The summed E-state index contributed by atoms with van der Waals surface area (Å²) in [5, 5.41) is 8.70. The van der Waals surface area contributed by atoms with Gasteiger partial charge < -0.3 is 14.4 Å². The zero-order valence-corrected chi connectivity index (χ0v) is 17.1. The molecule has 0 aliphatic carbocycles. The Hall–Kier alpha value is -3.02. The standard InChI is InChI=1S/C23H26N4O2/c1-4-16-11-17(26-14-23(2,3)15-26)9-10-18(16)19-12-27(25-24-19)13-22-28-20-7-5-6-8-21(20)29-22/h5-12,22H,4,13-15H2,1-3H3. The van der Waals surface area contributed by atoms with Crippen molar-refractivity contribution in [2.24, 2.45) is 5.41 Å². The van der Waals surface area contributed by atoms with Gasteiger partial charge in [-0.25, -0.2) is 4.68 Å². The molecule has 1 aromatic heterocycles. The number of aromatic nitrogens is 3. The van der Waals surface area contributed by atoms with Crippen molar-refractivity contribution in [2.75, 3.05) is 18.0 Å². The maximum absolute atomic E-state index is 5.83. The van der Waals surface area contributed by atoms with Crippen LogP contribution >= 0.6 is 0 Å². The van der Waals surface area contributed by atoms with Crippen molar-refractivity contribution in [1.82, 2.24) is 15.0 Å². The first-order valence-electron chi connectivity index (χ1n) is 10.2. The minimum atomic E-state index is -0.384. The van der Waals surface area contributed by atoms with E-state index in [0.717, 1.165) is 42.3 Å². The fraction of sp³-hybridized carbons (Fsp3) is 0.391. The summed E-state index contributed by atoms with van der Waals surface area (Å²) in [6.07, 6.45) is 2.54. The molecule has 1 fully saturated rings. The van der Waals surface area contributed by atoms with E-state index in [-0.39, 0.29) is 6.29 Å². The molecule has 1 saturated heterocycles. The van der Waals surface area contributed by atoms with E-state index >= 15 is 0 Å². The summed E-state index contributed by atoms with van der Waals surface area (Å²) in [7, 11) is 0. The van der Waals surface area contributed by atoms with Crippen LogP contribution in [0.5, 0.6) is 11.5 Å². The Bertz CT molecular complexity index is 1010.